The minimum absolute atomic E-state index is 0.0755. The molecule has 4 nitrogen and oxygen atoms in total. The van der Waals surface area contributed by atoms with Crippen molar-refractivity contribution in [2.24, 2.45) is 0 Å². The molecule has 0 aliphatic carbocycles. The number of hydrogen-bond acceptors (Lipinski definition) is 4. The molecule has 0 spiro atoms. The van der Waals surface area contributed by atoms with Crippen LogP contribution in [0.3, 0.4) is 0 Å². The van der Waals surface area contributed by atoms with Crippen LogP contribution in [0.4, 0.5) is 0 Å². The van der Waals surface area contributed by atoms with Crippen molar-refractivity contribution in [3.63, 3.8) is 0 Å². The van der Waals surface area contributed by atoms with Crippen LogP contribution in [0.15, 0.2) is 60.7 Å². The summed E-state index contributed by atoms with van der Waals surface area (Å²) in [7, 11) is 0. The average molecular weight is 272 g/mol. The molecule has 20 heavy (non-hydrogen) atoms. The van der Waals surface area contributed by atoms with Crippen LogP contribution in [0.1, 0.15) is 10.4 Å². The van der Waals surface area contributed by atoms with Gasteiger partial charge in [0.2, 0.25) is 0 Å². The Hall–Kier alpha value is -2.33. The van der Waals surface area contributed by atoms with E-state index in [0.717, 1.165) is 0 Å². The van der Waals surface area contributed by atoms with Gasteiger partial charge >= 0.3 is 5.97 Å². The number of esters is 1. The lowest BCUT2D eigenvalue weighted by molar-refractivity contribution is 0.0130. The summed E-state index contributed by atoms with van der Waals surface area (Å²) >= 11 is 0. The number of benzene rings is 2. The first-order chi connectivity index (χ1) is 9.75. The van der Waals surface area contributed by atoms with Gasteiger partial charge in [-0.15, -0.1) is 0 Å². The standard InChI is InChI=1S/C16H16O4/c17-14(11-19-15-9-5-2-6-10-15)12-20-16(18)13-7-3-1-4-8-13/h1-10,14,17H,11-12H2. The van der Waals surface area contributed by atoms with Gasteiger partial charge in [-0.2, -0.15) is 0 Å². The van der Waals surface area contributed by atoms with Gasteiger partial charge in [-0.25, -0.2) is 4.79 Å². The molecule has 0 aliphatic heterocycles. The van der Waals surface area contributed by atoms with Crippen molar-refractivity contribution in [1.29, 1.82) is 0 Å². The van der Waals surface area contributed by atoms with Gasteiger partial charge in [-0.1, -0.05) is 36.4 Å². The van der Waals surface area contributed by atoms with Gasteiger partial charge in [0.25, 0.3) is 0 Å². The fraction of sp³-hybridized carbons (Fsp3) is 0.188. The van der Waals surface area contributed by atoms with E-state index >= 15 is 0 Å². The van der Waals surface area contributed by atoms with Crippen LogP contribution in [0.25, 0.3) is 0 Å². The quantitative estimate of drug-likeness (QED) is 0.820. The van der Waals surface area contributed by atoms with Crippen molar-refractivity contribution in [2.75, 3.05) is 13.2 Å². The summed E-state index contributed by atoms with van der Waals surface area (Å²) in [5.41, 5.74) is 0.462. The Morgan fingerprint density at radius 1 is 0.950 bits per heavy atom. The molecule has 2 aromatic rings. The van der Waals surface area contributed by atoms with Gasteiger partial charge in [0.05, 0.1) is 5.56 Å². The van der Waals surface area contributed by atoms with Gasteiger partial charge in [0, 0.05) is 0 Å². The normalized spacial score (nSPS) is 11.7. The molecule has 0 amide bonds. The van der Waals surface area contributed by atoms with Crippen molar-refractivity contribution in [1.82, 2.24) is 0 Å². The van der Waals surface area contributed by atoms with Crippen LogP contribution in [0.2, 0.25) is 0 Å². The van der Waals surface area contributed by atoms with E-state index in [-0.39, 0.29) is 13.2 Å². The molecular formula is C16H16O4. The van der Waals surface area contributed by atoms with E-state index in [1.54, 1.807) is 36.4 Å². The lowest BCUT2D eigenvalue weighted by Crippen LogP contribution is -2.25. The number of aliphatic hydroxyl groups excluding tert-OH is 1. The molecule has 0 radical (unpaired) electrons. The Morgan fingerprint density at radius 3 is 2.20 bits per heavy atom. The van der Waals surface area contributed by atoms with Gasteiger partial charge < -0.3 is 14.6 Å². The highest BCUT2D eigenvalue weighted by Crippen LogP contribution is 2.08. The minimum atomic E-state index is -0.858. The van der Waals surface area contributed by atoms with E-state index in [9.17, 15) is 9.90 Å². The first-order valence-electron chi connectivity index (χ1n) is 6.34. The van der Waals surface area contributed by atoms with E-state index in [4.69, 9.17) is 9.47 Å². The Balaban J connectivity index is 1.73. The molecule has 0 heterocycles. The molecule has 0 aliphatic rings. The fourth-order valence-corrected chi connectivity index (χ4v) is 1.59. The van der Waals surface area contributed by atoms with Crippen LogP contribution in [-0.4, -0.2) is 30.4 Å². The lowest BCUT2D eigenvalue weighted by Gasteiger charge is -2.12. The van der Waals surface area contributed by atoms with Crippen LogP contribution in [0.5, 0.6) is 5.75 Å². The summed E-state index contributed by atoms with van der Waals surface area (Å²) in [5.74, 6) is 0.213. The van der Waals surface area contributed by atoms with E-state index in [2.05, 4.69) is 0 Å². The number of rotatable bonds is 6. The Labute approximate surface area is 117 Å². The number of carbonyl (C=O) groups excluding carboxylic acids is 1. The fourth-order valence-electron chi connectivity index (χ4n) is 1.59. The summed E-state index contributed by atoms with van der Waals surface area (Å²) in [5, 5.41) is 9.70. The van der Waals surface area contributed by atoms with Gasteiger partial charge in [-0.05, 0) is 24.3 Å². The average Bonchev–Trinajstić information content (AvgIpc) is 2.52. The maximum atomic E-state index is 11.6. The summed E-state index contributed by atoms with van der Waals surface area (Å²) in [6, 6.07) is 17.8. The molecule has 1 unspecified atom stereocenters. The zero-order valence-corrected chi connectivity index (χ0v) is 10.9. The maximum absolute atomic E-state index is 11.6. The first kappa shape index (κ1) is 14.1. The SMILES string of the molecule is O=C(OCC(O)COc1ccccc1)c1ccccc1. The van der Waals surface area contributed by atoms with Crippen LogP contribution < -0.4 is 4.74 Å². The highest BCUT2D eigenvalue weighted by Gasteiger charge is 2.11. The zero-order valence-electron chi connectivity index (χ0n) is 10.9. The topological polar surface area (TPSA) is 55.8 Å². The van der Waals surface area contributed by atoms with Crippen LogP contribution in [-0.2, 0) is 4.74 Å². The number of carbonyl (C=O) groups is 1. The molecular weight excluding hydrogens is 256 g/mol. The smallest absolute Gasteiger partial charge is 0.338 e. The van der Waals surface area contributed by atoms with E-state index in [1.807, 2.05) is 24.3 Å². The molecule has 0 fully saturated rings. The molecule has 2 aromatic carbocycles. The second-order valence-corrected chi connectivity index (χ2v) is 4.24. The second-order valence-electron chi connectivity index (χ2n) is 4.24. The summed E-state index contributed by atoms with van der Waals surface area (Å²) in [6.45, 7) is -0.0212. The van der Waals surface area contributed by atoms with Crippen LogP contribution in [0, 0.1) is 0 Å². The third kappa shape index (κ3) is 4.40. The Bertz CT molecular complexity index is 525. The predicted molar refractivity (Wildman–Crippen MR) is 74.7 cm³/mol. The monoisotopic (exact) mass is 272 g/mol. The third-order valence-corrected chi connectivity index (χ3v) is 2.60. The minimum Gasteiger partial charge on any atom is -0.491 e. The molecule has 4 heteroatoms. The summed E-state index contributed by atoms with van der Waals surface area (Å²) < 4.78 is 10.4. The second kappa shape index (κ2) is 7.31. The Morgan fingerprint density at radius 2 is 1.55 bits per heavy atom. The summed E-state index contributed by atoms with van der Waals surface area (Å²) in [4.78, 5) is 11.6. The number of aliphatic hydroxyl groups is 1. The molecule has 0 saturated heterocycles. The van der Waals surface area contributed by atoms with Gasteiger partial charge in [0.15, 0.2) is 0 Å². The number of ether oxygens (including phenoxy) is 2. The number of hydrogen-bond donors (Lipinski definition) is 1. The largest absolute Gasteiger partial charge is 0.491 e. The highest BCUT2D eigenvalue weighted by atomic mass is 16.5. The third-order valence-electron chi connectivity index (χ3n) is 2.60. The van der Waals surface area contributed by atoms with Crippen molar-refractivity contribution >= 4 is 5.97 Å². The van der Waals surface area contributed by atoms with Crippen molar-refractivity contribution in [3.8, 4) is 5.75 Å². The number of para-hydroxylation sites is 1. The lowest BCUT2D eigenvalue weighted by atomic mass is 10.2. The van der Waals surface area contributed by atoms with Crippen molar-refractivity contribution in [2.45, 2.75) is 6.10 Å². The molecule has 104 valence electrons. The van der Waals surface area contributed by atoms with Crippen molar-refractivity contribution in [3.05, 3.63) is 66.2 Å². The maximum Gasteiger partial charge on any atom is 0.338 e. The Kier molecular flexibility index (Phi) is 5.15. The van der Waals surface area contributed by atoms with Gasteiger partial charge in [0.1, 0.15) is 25.1 Å². The first-order valence-corrected chi connectivity index (χ1v) is 6.34. The van der Waals surface area contributed by atoms with Crippen molar-refractivity contribution < 1.29 is 19.4 Å². The molecule has 0 bridgehead atoms. The molecule has 0 saturated carbocycles. The van der Waals surface area contributed by atoms with E-state index < -0.39 is 12.1 Å². The predicted octanol–water partition coefficient (Wildman–Crippen LogP) is 2.28. The molecule has 2 rings (SSSR count). The molecule has 0 aromatic heterocycles. The van der Waals surface area contributed by atoms with E-state index in [0.29, 0.717) is 11.3 Å². The zero-order chi connectivity index (χ0) is 14.2. The van der Waals surface area contributed by atoms with E-state index in [1.165, 1.54) is 0 Å². The van der Waals surface area contributed by atoms with Gasteiger partial charge in [-0.3, -0.25) is 0 Å². The van der Waals surface area contributed by atoms with Crippen LogP contribution >= 0.6 is 0 Å². The molecule has 1 N–H and O–H groups in total. The summed E-state index contributed by atoms with van der Waals surface area (Å²) in [6.07, 6.45) is -0.858. The molecule has 1 atom stereocenters. The highest BCUT2D eigenvalue weighted by molar-refractivity contribution is 5.89.